The van der Waals surface area contributed by atoms with Crippen LogP contribution in [0, 0.1) is 6.92 Å². The number of ether oxygens (including phenoxy) is 2. The highest BCUT2D eigenvalue weighted by Crippen LogP contribution is 2.34. The van der Waals surface area contributed by atoms with Gasteiger partial charge >= 0.3 is 0 Å². The largest absolute Gasteiger partial charge is 0.454 e. The normalized spacial score (nSPS) is 14.6. The van der Waals surface area contributed by atoms with Crippen LogP contribution in [0.4, 0.5) is 0 Å². The van der Waals surface area contributed by atoms with Gasteiger partial charge in [0.2, 0.25) is 6.79 Å². The molecule has 0 bridgehead atoms. The predicted octanol–water partition coefficient (Wildman–Crippen LogP) is 1.88. The molecule has 0 aliphatic carbocycles. The summed E-state index contributed by atoms with van der Waals surface area (Å²) in [7, 11) is 1.96. The third-order valence-electron chi connectivity index (χ3n) is 3.45. The molecule has 1 unspecified atom stereocenters. The molecule has 100 valence electrons. The number of benzene rings is 1. The second-order valence-corrected chi connectivity index (χ2v) is 4.58. The lowest BCUT2D eigenvalue weighted by Gasteiger charge is -2.18. The second-order valence-electron chi connectivity index (χ2n) is 4.58. The first-order chi connectivity index (χ1) is 9.28. The van der Waals surface area contributed by atoms with E-state index in [2.05, 4.69) is 20.9 Å². The van der Waals surface area contributed by atoms with E-state index in [0.717, 1.165) is 23.9 Å². The van der Waals surface area contributed by atoms with Crippen molar-refractivity contribution < 1.29 is 9.47 Å². The molecule has 2 heterocycles. The number of aryl methyl sites for hydroxylation is 1. The lowest BCUT2D eigenvalue weighted by Crippen LogP contribution is -2.22. The molecule has 5 nitrogen and oxygen atoms in total. The highest BCUT2D eigenvalue weighted by atomic mass is 16.7. The van der Waals surface area contributed by atoms with Crippen molar-refractivity contribution >= 4 is 0 Å². The Morgan fingerprint density at radius 2 is 2.21 bits per heavy atom. The van der Waals surface area contributed by atoms with E-state index >= 15 is 0 Å². The number of likely N-dealkylation sites (N-methyl/N-ethyl adjacent to an activating group) is 1. The average molecular weight is 259 g/mol. The molecule has 5 heteroatoms. The van der Waals surface area contributed by atoms with Gasteiger partial charge in [0, 0.05) is 18.9 Å². The van der Waals surface area contributed by atoms with E-state index in [1.807, 2.05) is 38.5 Å². The van der Waals surface area contributed by atoms with Gasteiger partial charge in [-0.05, 0) is 31.7 Å². The smallest absolute Gasteiger partial charge is 0.231 e. The second kappa shape index (κ2) is 4.93. The van der Waals surface area contributed by atoms with E-state index < -0.39 is 0 Å². The van der Waals surface area contributed by atoms with Crippen molar-refractivity contribution in [2.45, 2.75) is 19.5 Å². The van der Waals surface area contributed by atoms with Crippen LogP contribution >= 0.6 is 0 Å². The van der Waals surface area contributed by atoms with Crippen molar-refractivity contribution in [3.05, 3.63) is 42.0 Å². The molecule has 1 aliphatic rings. The number of rotatable bonds is 4. The monoisotopic (exact) mass is 259 g/mol. The summed E-state index contributed by atoms with van der Waals surface area (Å²) >= 11 is 0. The first-order valence-electron chi connectivity index (χ1n) is 6.32. The van der Waals surface area contributed by atoms with E-state index in [4.69, 9.17) is 9.47 Å². The maximum absolute atomic E-state index is 5.42. The van der Waals surface area contributed by atoms with Gasteiger partial charge in [0.15, 0.2) is 11.5 Å². The fraction of sp³-hybridized carbons (Fsp3) is 0.357. The molecule has 0 fully saturated rings. The molecule has 1 atom stereocenters. The third-order valence-corrected chi connectivity index (χ3v) is 3.45. The zero-order valence-electron chi connectivity index (χ0n) is 11.1. The number of hydrogen-bond donors (Lipinski definition) is 1. The van der Waals surface area contributed by atoms with E-state index in [0.29, 0.717) is 6.79 Å². The van der Waals surface area contributed by atoms with Gasteiger partial charge in [-0.2, -0.15) is 0 Å². The first kappa shape index (κ1) is 12.0. The Labute approximate surface area is 112 Å². The number of hydrogen-bond acceptors (Lipinski definition) is 4. The summed E-state index contributed by atoms with van der Waals surface area (Å²) in [5.41, 5.74) is 1.18. The van der Waals surface area contributed by atoms with Crippen LogP contribution in [0.3, 0.4) is 0 Å². The van der Waals surface area contributed by atoms with Crippen LogP contribution in [-0.4, -0.2) is 23.4 Å². The Morgan fingerprint density at radius 3 is 2.95 bits per heavy atom. The number of nitrogens with one attached hydrogen (secondary N) is 1. The molecule has 0 radical (unpaired) electrons. The first-order valence-corrected chi connectivity index (χ1v) is 6.32. The Morgan fingerprint density at radius 1 is 1.37 bits per heavy atom. The Hall–Kier alpha value is -2.01. The fourth-order valence-corrected chi connectivity index (χ4v) is 2.29. The zero-order valence-corrected chi connectivity index (χ0v) is 11.1. The van der Waals surface area contributed by atoms with Crippen LogP contribution in [0.1, 0.15) is 17.4 Å². The van der Waals surface area contributed by atoms with E-state index in [-0.39, 0.29) is 6.04 Å². The van der Waals surface area contributed by atoms with Gasteiger partial charge in [-0.1, -0.05) is 6.07 Å². The molecular formula is C14H17N3O2. The number of aromatic nitrogens is 2. The van der Waals surface area contributed by atoms with E-state index in [1.54, 1.807) is 0 Å². The van der Waals surface area contributed by atoms with Crippen molar-refractivity contribution in [1.29, 1.82) is 0 Å². The van der Waals surface area contributed by atoms with Crippen LogP contribution in [0.15, 0.2) is 30.6 Å². The number of imidazole rings is 1. The Bertz CT molecular complexity index is 580. The van der Waals surface area contributed by atoms with Crippen LogP contribution in [0.2, 0.25) is 0 Å². The molecular weight excluding hydrogens is 242 g/mol. The molecule has 1 N–H and O–H groups in total. The maximum Gasteiger partial charge on any atom is 0.231 e. The Kier molecular flexibility index (Phi) is 3.13. The third kappa shape index (κ3) is 2.29. The summed E-state index contributed by atoms with van der Waals surface area (Å²) in [4.78, 5) is 4.25. The molecule has 19 heavy (non-hydrogen) atoms. The van der Waals surface area contributed by atoms with Gasteiger partial charge in [-0.15, -0.1) is 0 Å². The molecule has 2 aromatic rings. The minimum Gasteiger partial charge on any atom is -0.454 e. The van der Waals surface area contributed by atoms with E-state index in [1.165, 1.54) is 5.56 Å². The maximum atomic E-state index is 5.42. The Balaban J connectivity index is 1.84. The summed E-state index contributed by atoms with van der Waals surface area (Å²) in [6, 6.07) is 6.28. The van der Waals surface area contributed by atoms with Crippen LogP contribution in [0.25, 0.3) is 0 Å². The topological polar surface area (TPSA) is 48.3 Å². The van der Waals surface area contributed by atoms with Gasteiger partial charge in [0.25, 0.3) is 0 Å². The molecule has 0 saturated carbocycles. The highest BCUT2D eigenvalue weighted by Gasteiger charge is 2.17. The molecule has 1 aliphatic heterocycles. The number of fused-ring (bicyclic) bond motifs is 1. The standard InChI is InChI=1S/C14H17N3O2/c1-10-16-5-6-17(10)8-12(15-2)11-3-4-13-14(7-11)19-9-18-13/h3-7,12,15H,8-9H2,1-2H3. The fourth-order valence-electron chi connectivity index (χ4n) is 2.29. The molecule has 1 aromatic heterocycles. The molecule has 0 spiro atoms. The van der Waals surface area contributed by atoms with Gasteiger partial charge in [-0.25, -0.2) is 4.98 Å². The van der Waals surface area contributed by atoms with E-state index in [9.17, 15) is 0 Å². The van der Waals surface area contributed by atoms with Crippen molar-refractivity contribution in [3.63, 3.8) is 0 Å². The van der Waals surface area contributed by atoms with Gasteiger partial charge in [-0.3, -0.25) is 0 Å². The lowest BCUT2D eigenvalue weighted by molar-refractivity contribution is 0.174. The minimum atomic E-state index is 0.211. The van der Waals surface area contributed by atoms with Crippen molar-refractivity contribution in [3.8, 4) is 11.5 Å². The zero-order chi connectivity index (χ0) is 13.2. The van der Waals surface area contributed by atoms with Gasteiger partial charge in [0.1, 0.15) is 5.82 Å². The highest BCUT2D eigenvalue weighted by molar-refractivity contribution is 5.45. The summed E-state index contributed by atoms with van der Waals surface area (Å²) in [6.07, 6.45) is 3.81. The van der Waals surface area contributed by atoms with Gasteiger partial charge in [0.05, 0.1) is 6.04 Å². The number of nitrogens with zero attached hydrogens (tertiary/aromatic N) is 2. The molecule has 0 saturated heterocycles. The molecule has 0 amide bonds. The molecule has 1 aromatic carbocycles. The average Bonchev–Trinajstić information content (AvgIpc) is 3.04. The predicted molar refractivity (Wildman–Crippen MR) is 71.3 cm³/mol. The van der Waals surface area contributed by atoms with Crippen LogP contribution in [0.5, 0.6) is 11.5 Å². The summed E-state index contributed by atoms with van der Waals surface area (Å²) in [5.74, 6) is 2.65. The SMILES string of the molecule is CNC(Cn1ccnc1C)c1ccc2c(c1)OCO2. The molecule has 3 rings (SSSR count). The quantitative estimate of drug-likeness (QED) is 0.910. The van der Waals surface area contributed by atoms with Gasteiger partial charge < -0.3 is 19.4 Å². The van der Waals surface area contributed by atoms with Crippen molar-refractivity contribution in [1.82, 2.24) is 14.9 Å². The lowest BCUT2D eigenvalue weighted by atomic mass is 10.1. The van der Waals surface area contributed by atoms with Crippen LogP contribution in [-0.2, 0) is 6.54 Å². The summed E-state index contributed by atoms with van der Waals surface area (Å²) in [5, 5.41) is 3.33. The summed E-state index contributed by atoms with van der Waals surface area (Å²) < 4.78 is 12.9. The van der Waals surface area contributed by atoms with Crippen molar-refractivity contribution in [2.75, 3.05) is 13.8 Å². The van der Waals surface area contributed by atoms with Crippen molar-refractivity contribution in [2.24, 2.45) is 0 Å². The minimum absolute atomic E-state index is 0.211. The summed E-state index contributed by atoms with van der Waals surface area (Å²) in [6.45, 7) is 3.15. The van der Waals surface area contributed by atoms with Crippen LogP contribution < -0.4 is 14.8 Å².